The summed E-state index contributed by atoms with van der Waals surface area (Å²) in [5.74, 6) is -1.59. The van der Waals surface area contributed by atoms with Crippen LogP contribution in [0.5, 0.6) is 5.75 Å². The number of halogens is 1. The number of alkyl halides is 1. The number of pyridine rings is 1. The number of hydrogen-bond donors (Lipinski definition) is 4. The van der Waals surface area contributed by atoms with E-state index >= 15 is 0 Å². The highest BCUT2D eigenvalue weighted by Gasteiger charge is 2.37. The van der Waals surface area contributed by atoms with Gasteiger partial charge in [0.25, 0.3) is 0 Å². The van der Waals surface area contributed by atoms with Crippen molar-refractivity contribution in [1.29, 1.82) is 0 Å². The molecule has 1 aliphatic heterocycles. The van der Waals surface area contributed by atoms with Gasteiger partial charge in [-0.15, -0.1) is 4.91 Å². The van der Waals surface area contributed by atoms with Gasteiger partial charge in [-0.2, -0.15) is 0 Å². The van der Waals surface area contributed by atoms with Crippen molar-refractivity contribution >= 4 is 17.6 Å². The number of nitrogens with one attached hydrogen (secondary N) is 3. The first-order valence-electron chi connectivity index (χ1n) is 10.6. The molecule has 2 unspecified atom stereocenters. The van der Waals surface area contributed by atoms with E-state index in [9.17, 15) is 18.9 Å². The van der Waals surface area contributed by atoms with Gasteiger partial charge in [-0.1, -0.05) is 5.18 Å². The fourth-order valence-electron chi connectivity index (χ4n) is 4.03. The summed E-state index contributed by atoms with van der Waals surface area (Å²) in [6.45, 7) is 0.0606. The van der Waals surface area contributed by atoms with Crippen LogP contribution < -0.4 is 26.4 Å². The molecule has 5 N–H and O–H groups in total. The molecular formula is C20H29FN6O5. The van der Waals surface area contributed by atoms with Crippen molar-refractivity contribution in [2.24, 2.45) is 22.7 Å². The Morgan fingerprint density at radius 2 is 1.97 bits per heavy atom. The number of carbonyl (C=O) groups excluding carboxylic acids is 2. The number of ether oxygens (including phenoxy) is 2. The summed E-state index contributed by atoms with van der Waals surface area (Å²) in [6.07, 6.45) is 2.30. The molecule has 1 aliphatic carbocycles. The van der Waals surface area contributed by atoms with Gasteiger partial charge in [0.2, 0.25) is 5.91 Å². The van der Waals surface area contributed by atoms with Crippen LogP contribution in [-0.2, 0) is 14.3 Å². The van der Waals surface area contributed by atoms with Crippen molar-refractivity contribution in [1.82, 2.24) is 15.6 Å². The quantitative estimate of drug-likeness (QED) is 0.328. The predicted octanol–water partition coefficient (Wildman–Crippen LogP) is 0.655. The molecular weight excluding hydrogens is 423 g/mol. The second-order valence-electron chi connectivity index (χ2n) is 7.99. The van der Waals surface area contributed by atoms with Gasteiger partial charge in [0.15, 0.2) is 6.17 Å². The fraction of sp³-hybridized carbons (Fsp3) is 0.650. The number of rotatable bonds is 8. The van der Waals surface area contributed by atoms with Crippen LogP contribution in [0.25, 0.3) is 0 Å². The molecule has 1 amide bonds. The number of nitroso groups, excluding NO2 is 1. The number of carbonyl (C=O) groups is 2. The maximum Gasteiger partial charge on any atom is 0.308 e. The van der Waals surface area contributed by atoms with Crippen LogP contribution in [0, 0.1) is 16.7 Å². The van der Waals surface area contributed by atoms with E-state index in [1.54, 1.807) is 6.07 Å². The van der Waals surface area contributed by atoms with E-state index in [1.165, 1.54) is 19.5 Å². The molecule has 32 heavy (non-hydrogen) atoms. The smallest absolute Gasteiger partial charge is 0.308 e. The second kappa shape index (κ2) is 11.2. The molecule has 1 saturated heterocycles. The standard InChI is InChI=1S/C20H29FN6O5/c1-31-20(29)11-2-4-13(5-3-11)32-15-6-7-23-10-14(15)26-19(28)16(17(22)27-30)18-24-8-12(21)9-25-18/h6-7,10-13,16-18,24-25H,2-5,8-9,22H2,1H3,(H,26,28). The van der Waals surface area contributed by atoms with Crippen LogP contribution in [0.4, 0.5) is 10.1 Å². The molecule has 0 bridgehead atoms. The third-order valence-corrected chi connectivity index (χ3v) is 5.81. The zero-order chi connectivity index (χ0) is 23.1. The van der Waals surface area contributed by atoms with E-state index in [-0.39, 0.29) is 31.1 Å². The Labute approximate surface area is 185 Å². The lowest BCUT2D eigenvalue weighted by molar-refractivity contribution is -0.147. The number of methoxy groups -OCH3 is 1. The topological polar surface area (TPSA) is 157 Å². The van der Waals surface area contributed by atoms with Gasteiger partial charge in [0.1, 0.15) is 23.5 Å². The maximum atomic E-state index is 13.4. The number of aromatic nitrogens is 1. The Morgan fingerprint density at radius 3 is 2.59 bits per heavy atom. The lowest BCUT2D eigenvalue weighted by Gasteiger charge is -2.34. The van der Waals surface area contributed by atoms with E-state index in [4.69, 9.17) is 15.2 Å². The molecule has 3 rings (SSSR count). The van der Waals surface area contributed by atoms with Crippen molar-refractivity contribution in [3.63, 3.8) is 0 Å². The Bertz CT molecular complexity index is 798. The Balaban J connectivity index is 1.66. The van der Waals surface area contributed by atoms with Crippen LogP contribution in [0.3, 0.4) is 0 Å². The third-order valence-electron chi connectivity index (χ3n) is 5.81. The van der Waals surface area contributed by atoms with E-state index < -0.39 is 30.3 Å². The van der Waals surface area contributed by atoms with Crippen molar-refractivity contribution in [2.45, 2.75) is 50.3 Å². The average Bonchev–Trinajstić information content (AvgIpc) is 2.81. The summed E-state index contributed by atoms with van der Waals surface area (Å²) >= 11 is 0. The number of amides is 1. The molecule has 11 nitrogen and oxygen atoms in total. The molecule has 0 spiro atoms. The fourth-order valence-corrected chi connectivity index (χ4v) is 4.03. The Morgan fingerprint density at radius 1 is 1.28 bits per heavy atom. The van der Waals surface area contributed by atoms with Gasteiger partial charge in [-0.25, -0.2) is 4.39 Å². The molecule has 0 radical (unpaired) electrons. The normalized spacial score (nSPS) is 27.6. The van der Waals surface area contributed by atoms with Gasteiger partial charge in [0, 0.05) is 25.4 Å². The molecule has 2 heterocycles. The SMILES string of the molecule is COC(=O)C1CCC(Oc2ccncc2NC(=O)C(C(N)N=O)C2NCC(F)CN2)CC1. The molecule has 0 aromatic carbocycles. The Hall–Kier alpha value is -2.70. The van der Waals surface area contributed by atoms with Crippen LogP contribution >= 0.6 is 0 Å². The molecule has 1 saturated carbocycles. The Kier molecular flexibility index (Phi) is 8.42. The van der Waals surface area contributed by atoms with Crippen molar-refractivity contribution in [2.75, 3.05) is 25.5 Å². The maximum absolute atomic E-state index is 13.4. The van der Waals surface area contributed by atoms with Crippen LogP contribution in [-0.4, -0.2) is 61.7 Å². The summed E-state index contributed by atoms with van der Waals surface area (Å²) in [5, 5.41) is 11.2. The highest BCUT2D eigenvalue weighted by Crippen LogP contribution is 2.31. The zero-order valence-electron chi connectivity index (χ0n) is 17.8. The predicted molar refractivity (Wildman–Crippen MR) is 113 cm³/mol. The van der Waals surface area contributed by atoms with E-state index in [1.807, 2.05) is 0 Å². The first-order chi connectivity index (χ1) is 15.4. The number of nitrogens with zero attached hydrogens (tertiary/aromatic N) is 2. The number of anilines is 1. The number of nitrogens with two attached hydrogens (primary N) is 1. The van der Waals surface area contributed by atoms with Gasteiger partial charge in [-0.05, 0) is 25.7 Å². The van der Waals surface area contributed by atoms with Gasteiger partial charge in [-0.3, -0.25) is 25.2 Å². The van der Waals surface area contributed by atoms with Crippen molar-refractivity contribution in [3.8, 4) is 5.75 Å². The average molecular weight is 452 g/mol. The third kappa shape index (κ3) is 5.96. The molecule has 1 aromatic heterocycles. The zero-order valence-corrected chi connectivity index (χ0v) is 17.8. The van der Waals surface area contributed by atoms with Gasteiger partial charge in [0.05, 0.1) is 31.5 Å². The molecule has 1 aromatic rings. The number of hydrogen-bond acceptors (Lipinski definition) is 10. The van der Waals surface area contributed by atoms with E-state index in [0.717, 1.165) is 0 Å². The monoisotopic (exact) mass is 452 g/mol. The lowest BCUT2D eigenvalue weighted by atomic mass is 9.87. The molecule has 176 valence electrons. The van der Waals surface area contributed by atoms with Gasteiger partial charge < -0.3 is 20.5 Å². The minimum atomic E-state index is -1.34. The lowest BCUT2D eigenvalue weighted by Crippen LogP contribution is -2.62. The number of esters is 1. The van der Waals surface area contributed by atoms with E-state index in [0.29, 0.717) is 37.1 Å². The summed E-state index contributed by atoms with van der Waals surface area (Å²) in [7, 11) is 1.38. The molecule has 2 aliphatic rings. The largest absolute Gasteiger partial charge is 0.488 e. The minimum absolute atomic E-state index is 0.0303. The van der Waals surface area contributed by atoms with Gasteiger partial charge >= 0.3 is 5.97 Å². The molecule has 2 atom stereocenters. The van der Waals surface area contributed by atoms with Crippen LogP contribution in [0.1, 0.15) is 25.7 Å². The second-order valence-corrected chi connectivity index (χ2v) is 7.99. The summed E-state index contributed by atoms with van der Waals surface area (Å²) in [5.41, 5.74) is 6.09. The highest BCUT2D eigenvalue weighted by molar-refractivity contribution is 5.94. The van der Waals surface area contributed by atoms with Crippen LogP contribution in [0.2, 0.25) is 0 Å². The molecule has 12 heteroatoms. The summed E-state index contributed by atoms with van der Waals surface area (Å²) in [4.78, 5) is 39.8. The summed E-state index contributed by atoms with van der Waals surface area (Å²) < 4.78 is 24.3. The summed E-state index contributed by atoms with van der Waals surface area (Å²) in [6, 6.07) is 1.62. The van der Waals surface area contributed by atoms with Crippen molar-refractivity contribution < 1.29 is 23.5 Å². The van der Waals surface area contributed by atoms with E-state index in [2.05, 4.69) is 26.1 Å². The van der Waals surface area contributed by atoms with Crippen molar-refractivity contribution in [3.05, 3.63) is 23.4 Å². The first kappa shape index (κ1) is 24.0. The molecule has 2 fully saturated rings. The highest BCUT2D eigenvalue weighted by atomic mass is 19.1. The minimum Gasteiger partial charge on any atom is -0.488 e. The van der Waals surface area contributed by atoms with Crippen LogP contribution in [0.15, 0.2) is 23.6 Å². The first-order valence-corrected chi connectivity index (χ1v) is 10.6.